The Bertz CT molecular complexity index is 255. The van der Waals surface area contributed by atoms with Gasteiger partial charge in [0.05, 0.1) is 0 Å². The third-order valence-corrected chi connectivity index (χ3v) is 4.66. The number of hydrogen-bond acceptors (Lipinski definition) is 2. The SMILES string of the molecule is CN(C(=O)C1CCCCCCC1)C1CCNCC1.Cl. The number of carbonyl (C=O) groups excluding carboxylic acids is 1. The Balaban J connectivity index is 0.00000180. The Labute approximate surface area is 123 Å². The highest BCUT2D eigenvalue weighted by atomic mass is 35.5. The van der Waals surface area contributed by atoms with Crippen LogP contribution in [0.15, 0.2) is 0 Å². The first-order valence-corrected chi connectivity index (χ1v) is 7.76. The molecule has 0 atom stereocenters. The van der Waals surface area contributed by atoms with Crippen LogP contribution in [0.25, 0.3) is 0 Å². The standard InChI is InChI=1S/C15H28N2O.ClH/c1-17(14-9-11-16-12-10-14)15(18)13-7-5-3-2-4-6-8-13;/h13-14,16H,2-12H2,1H3;1H. The minimum absolute atomic E-state index is 0. The molecule has 2 fully saturated rings. The lowest BCUT2D eigenvalue weighted by molar-refractivity contribution is -0.137. The molecule has 1 aliphatic carbocycles. The van der Waals surface area contributed by atoms with Gasteiger partial charge < -0.3 is 10.2 Å². The average molecular weight is 289 g/mol. The van der Waals surface area contributed by atoms with E-state index in [2.05, 4.69) is 10.2 Å². The van der Waals surface area contributed by atoms with Crippen LogP contribution in [0, 0.1) is 5.92 Å². The molecule has 0 spiro atoms. The van der Waals surface area contributed by atoms with E-state index in [1.807, 2.05) is 7.05 Å². The van der Waals surface area contributed by atoms with Crippen LogP contribution in [-0.2, 0) is 4.79 Å². The molecule has 1 N–H and O–H groups in total. The molecule has 0 aromatic carbocycles. The fourth-order valence-electron chi connectivity index (χ4n) is 3.37. The summed E-state index contributed by atoms with van der Waals surface area (Å²) in [5.74, 6) is 0.731. The Morgan fingerprint density at radius 1 is 0.947 bits per heavy atom. The Kier molecular flexibility index (Phi) is 7.77. The molecule has 3 nitrogen and oxygen atoms in total. The molecular weight excluding hydrogens is 260 g/mol. The highest BCUT2D eigenvalue weighted by molar-refractivity contribution is 5.85. The maximum atomic E-state index is 12.6. The second-order valence-corrected chi connectivity index (χ2v) is 5.97. The predicted molar refractivity (Wildman–Crippen MR) is 81.7 cm³/mol. The minimum Gasteiger partial charge on any atom is -0.342 e. The lowest BCUT2D eigenvalue weighted by Gasteiger charge is -2.34. The molecule has 4 heteroatoms. The fourth-order valence-corrected chi connectivity index (χ4v) is 3.37. The fraction of sp³-hybridized carbons (Fsp3) is 0.933. The van der Waals surface area contributed by atoms with Gasteiger partial charge in [-0.1, -0.05) is 32.1 Å². The van der Waals surface area contributed by atoms with Gasteiger partial charge in [-0.2, -0.15) is 0 Å². The van der Waals surface area contributed by atoms with E-state index in [1.165, 1.54) is 32.1 Å². The maximum Gasteiger partial charge on any atom is 0.225 e. The lowest BCUT2D eigenvalue weighted by Crippen LogP contribution is -2.46. The minimum atomic E-state index is 0. The summed E-state index contributed by atoms with van der Waals surface area (Å²) in [6, 6.07) is 0.476. The van der Waals surface area contributed by atoms with E-state index in [0.717, 1.165) is 38.8 Å². The van der Waals surface area contributed by atoms with E-state index in [9.17, 15) is 4.79 Å². The van der Waals surface area contributed by atoms with Crippen LogP contribution in [0.2, 0.25) is 0 Å². The van der Waals surface area contributed by atoms with Crippen molar-refractivity contribution in [3.05, 3.63) is 0 Å². The quantitative estimate of drug-likeness (QED) is 0.847. The third kappa shape index (κ3) is 4.96. The lowest BCUT2D eigenvalue weighted by atomic mass is 9.89. The van der Waals surface area contributed by atoms with Gasteiger partial charge in [-0.3, -0.25) is 4.79 Å². The van der Waals surface area contributed by atoms with Gasteiger partial charge in [0.2, 0.25) is 5.91 Å². The highest BCUT2D eigenvalue weighted by Gasteiger charge is 2.27. The summed E-state index contributed by atoms with van der Waals surface area (Å²) in [6.45, 7) is 2.12. The number of nitrogens with zero attached hydrogens (tertiary/aromatic N) is 1. The summed E-state index contributed by atoms with van der Waals surface area (Å²) in [5.41, 5.74) is 0. The second kappa shape index (κ2) is 8.80. The van der Waals surface area contributed by atoms with Crippen LogP contribution < -0.4 is 5.32 Å². The Hall–Kier alpha value is -0.280. The van der Waals surface area contributed by atoms with Crippen LogP contribution in [-0.4, -0.2) is 37.0 Å². The largest absolute Gasteiger partial charge is 0.342 e. The van der Waals surface area contributed by atoms with Crippen molar-refractivity contribution < 1.29 is 4.79 Å². The first-order valence-electron chi connectivity index (χ1n) is 7.76. The van der Waals surface area contributed by atoms with Crippen LogP contribution in [0.1, 0.15) is 57.8 Å². The van der Waals surface area contributed by atoms with E-state index >= 15 is 0 Å². The second-order valence-electron chi connectivity index (χ2n) is 5.97. The molecule has 1 aliphatic heterocycles. The van der Waals surface area contributed by atoms with Crippen molar-refractivity contribution >= 4 is 18.3 Å². The molecule has 1 saturated heterocycles. The molecule has 0 bridgehead atoms. The zero-order chi connectivity index (χ0) is 12.8. The summed E-state index contributed by atoms with van der Waals surface area (Å²) in [4.78, 5) is 14.6. The van der Waals surface area contributed by atoms with Gasteiger partial charge in [0.15, 0.2) is 0 Å². The first kappa shape index (κ1) is 16.8. The van der Waals surface area contributed by atoms with E-state index < -0.39 is 0 Å². The van der Waals surface area contributed by atoms with Crippen molar-refractivity contribution in [3.63, 3.8) is 0 Å². The van der Waals surface area contributed by atoms with Crippen molar-refractivity contribution in [2.45, 2.75) is 63.8 Å². The summed E-state index contributed by atoms with van der Waals surface area (Å²) < 4.78 is 0. The molecule has 1 heterocycles. The van der Waals surface area contributed by atoms with Gasteiger partial charge in [-0.25, -0.2) is 0 Å². The molecule has 0 radical (unpaired) electrons. The van der Waals surface area contributed by atoms with E-state index in [0.29, 0.717) is 17.9 Å². The van der Waals surface area contributed by atoms with Gasteiger partial charge in [-0.15, -0.1) is 12.4 Å². The summed E-state index contributed by atoms with van der Waals surface area (Å²) >= 11 is 0. The topological polar surface area (TPSA) is 32.3 Å². The summed E-state index contributed by atoms with van der Waals surface area (Å²) in [7, 11) is 2.02. The van der Waals surface area contributed by atoms with Gasteiger partial charge in [0, 0.05) is 19.0 Å². The van der Waals surface area contributed by atoms with Crippen molar-refractivity contribution in [1.82, 2.24) is 10.2 Å². The van der Waals surface area contributed by atoms with E-state index in [4.69, 9.17) is 0 Å². The molecule has 19 heavy (non-hydrogen) atoms. The summed E-state index contributed by atoms with van der Waals surface area (Å²) in [5, 5.41) is 3.37. The molecule has 0 aromatic rings. The third-order valence-electron chi connectivity index (χ3n) is 4.66. The van der Waals surface area contributed by atoms with Crippen molar-refractivity contribution in [2.75, 3.05) is 20.1 Å². The number of hydrogen-bond donors (Lipinski definition) is 1. The zero-order valence-corrected chi connectivity index (χ0v) is 13.0. The van der Waals surface area contributed by atoms with Crippen molar-refractivity contribution in [1.29, 1.82) is 0 Å². The predicted octanol–water partition coefficient (Wildman–Crippen LogP) is 2.98. The molecule has 1 amide bonds. The van der Waals surface area contributed by atoms with Crippen LogP contribution in [0.5, 0.6) is 0 Å². The van der Waals surface area contributed by atoms with Crippen molar-refractivity contribution in [2.24, 2.45) is 5.92 Å². The van der Waals surface area contributed by atoms with Crippen molar-refractivity contribution in [3.8, 4) is 0 Å². The number of carbonyl (C=O) groups is 1. The van der Waals surface area contributed by atoms with Gasteiger partial charge in [0.1, 0.15) is 0 Å². The summed E-state index contributed by atoms with van der Waals surface area (Å²) in [6.07, 6.45) is 11.0. The Morgan fingerprint density at radius 3 is 2.05 bits per heavy atom. The average Bonchev–Trinajstić information content (AvgIpc) is 2.38. The van der Waals surface area contributed by atoms with Gasteiger partial charge in [-0.05, 0) is 38.8 Å². The molecule has 1 saturated carbocycles. The normalized spacial score (nSPS) is 23.0. The van der Waals surface area contributed by atoms with Crippen LogP contribution in [0.3, 0.4) is 0 Å². The number of nitrogens with one attached hydrogen (secondary N) is 1. The smallest absolute Gasteiger partial charge is 0.225 e. The van der Waals surface area contributed by atoms with Gasteiger partial charge >= 0.3 is 0 Å². The number of rotatable bonds is 2. The molecule has 0 unspecified atom stereocenters. The number of piperidine rings is 1. The molecule has 2 aliphatic rings. The van der Waals surface area contributed by atoms with Crippen LogP contribution in [0.4, 0.5) is 0 Å². The highest BCUT2D eigenvalue weighted by Crippen LogP contribution is 2.25. The van der Waals surface area contributed by atoms with Gasteiger partial charge in [0.25, 0.3) is 0 Å². The van der Waals surface area contributed by atoms with E-state index in [-0.39, 0.29) is 12.4 Å². The monoisotopic (exact) mass is 288 g/mol. The maximum absolute atomic E-state index is 12.6. The molecule has 112 valence electrons. The zero-order valence-electron chi connectivity index (χ0n) is 12.2. The number of amides is 1. The molecular formula is C15H29ClN2O. The van der Waals surface area contributed by atoms with Crippen LogP contribution >= 0.6 is 12.4 Å². The van der Waals surface area contributed by atoms with E-state index in [1.54, 1.807) is 0 Å². The molecule has 2 rings (SSSR count). The molecule has 0 aromatic heterocycles. The Morgan fingerprint density at radius 2 is 1.47 bits per heavy atom. The number of halogens is 1. The first-order chi connectivity index (χ1) is 8.79.